The first kappa shape index (κ1) is 4.73. The highest BCUT2D eigenvalue weighted by molar-refractivity contribution is 4.73. The fourth-order valence-electron chi connectivity index (χ4n) is 1.33. The highest BCUT2D eigenvalue weighted by Crippen LogP contribution is 2.04. The first-order valence-corrected chi connectivity index (χ1v) is 3.10. The number of hydrogen-bond donors (Lipinski definition) is 1. The molecule has 0 radical (unpaired) electrons. The molecule has 0 aromatic carbocycles. The summed E-state index contributed by atoms with van der Waals surface area (Å²) in [7, 11) is 0. The van der Waals surface area contributed by atoms with E-state index in [1.165, 1.54) is 19.8 Å². The highest BCUT2D eigenvalue weighted by Gasteiger charge is 2.22. The first-order valence-electron chi connectivity index (χ1n) is 3.10. The molecule has 2 saturated heterocycles. The van der Waals surface area contributed by atoms with Crippen LogP contribution in [0, 0.1) is 0 Å². The van der Waals surface area contributed by atoms with Crippen molar-refractivity contribution < 1.29 is 0 Å². The molecule has 8 heavy (non-hydrogen) atoms. The Morgan fingerprint density at radius 2 is 1.62 bits per heavy atom. The summed E-state index contributed by atoms with van der Waals surface area (Å²) in [4.78, 5) is 4.81. The lowest BCUT2D eigenvalue weighted by Gasteiger charge is -2.24. The lowest BCUT2D eigenvalue weighted by molar-refractivity contribution is 0.163. The van der Waals surface area contributed by atoms with E-state index in [2.05, 4.69) is 15.1 Å². The van der Waals surface area contributed by atoms with Gasteiger partial charge in [0.05, 0.1) is 20.0 Å². The van der Waals surface area contributed by atoms with Crippen molar-refractivity contribution >= 4 is 0 Å². The predicted molar refractivity (Wildman–Crippen MR) is 31.1 cm³/mol. The summed E-state index contributed by atoms with van der Waals surface area (Å²) >= 11 is 0. The number of hydrogen-bond acceptors (Lipinski definition) is 3. The van der Waals surface area contributed by atoms with Crippen molar-refractivity contribution in [2.45, 2.75) is 0 Å². The maximum Gasteiger partial charge on any atom is 0.0530 e. The maximum absolute atomic E-state index is 3.30. The molecular formula is C5H11N3. The topological polar surface area (TPSA) is 18.5 Å². The van der Waals surface area contributed by atoms with Crippen molar-refractivity contribution in [2.24, 2.45) is 0 Å². The molecule has 2 bridgehead atoms. The SMILES string of the molecule is C1CN2CNCN1C2. The molecule has 3 nitrogen and oxygen atoms in total. The third-order valence-corrected chi connectivity index (χ3v) is 1.80. The molecule has 2 unspecified atom stereocenters. The van der Waals surface area contributed by atoms with Gasteiger partial charge in [0.25, 0.3) is 0 Å². The number of nitrogens with zero attached hydrogens (tertiary/aromatic N) is 2. The van der Waals surface area contributed by atoms with E-state index in [9.17, 15) is 0 Å². The monoisotopic (exact) mass is 113 g/mol. The van der Waals surface area contributed by atoms with Gasteiger partial charge in [-0.25, -0.2) is 0 Å². The van der Waals surface area contributed by atoms with Gasteiger partial charge in [0, 0.05) is 13.1 Å². The Morgan fingerprint density at radius 1 is 1.00 bits per heavy atom. The van der Waals surface area contributed by atoms with E-state index in [4.69, 9.17) is 0 Å². The number of nitrogens with one attached hydrogen (secondary N) is 1. The zero-order chi connectivity index (χ0) is 5.40. The molecule has 46 valence electrons. The molecule has 2 aliphatic heterocycles. The Kier molecular flexibility index (Phi) is 0.997. The number of fused-ring (bicyclic) bond motifs is 2. The molecule has 2 fully saturated rings. The Morgan fingerprint density at radius 3 is 2.12 bits per heavy atom. The number of rotatable bonds is 0. The molecule has 3 heteroatoms. The van der Waals surface area contributed by atoms with Gasteiger partial charge in [-0.15, -0.1) is 0 Å². The van der Waals surface area contributed by atoms with E-state index >= 15 is 0 Å². The minimum Gasteiger partial charge on any atom is -0.291 e. The van der Waals surface area contributed by atoms with Crippen molar-refractivity contribution in [1.29, 1.82) is 0 Å². The zero-order valence-electron chi connectivity index (χ0n) is 4.93. The van der Waals surface area contributed by atoms with Crippen LogP contribution in [0.4, 0.5) is 0 Å². The molecule has 2 atom stereocenters. The van der Waals surface area contributed by atoms with Crippen molar-refractivity contribution in [2.75, 3.05) is 33.1 Å². The molecule has 0 aromatic rings. The average molecular weight is 113 g/mol. The Labute approximate surface area is 49.3 Å². The molecule has 1 N–H and O–H groups in total. The molecule has 2 heterocycles. The maximum atomic E-state index is 3.30. The summed E-state index contributed by atoms with van der Waals surface area (Å²) in [5, 5.41) is 3.30. The van der Waals surface area contributed by atoms with Gasteiger partial charge in [0.2, 0.25) is 0 Å². The molecule has 0 saturated carbocycles. The minimum atomic E-state index is 1.09. The van der Waals surface area contributed by atoms with Crippen LogP contribution in [0.1, 0.15) is 0 Å². The minimum absolute atomic E-state index is 1.09. The predicted octanol–water partition coefficient (Wildman–Crippen LogP) is -0.920. The highest BCUT2D eigenvalue weighted by atomic mass is 15.5. The zero-order valence-corrected chi connectivity index (χ0v) is 4.93. The summed E-state index contributed by atoms with van der Waals surface area (Å²) in [5.74, 6) is 0. The lowest BCUT2D eigenvalue weighted by atomic mass is 10.6. The summed E-state index contributed by atoms with van der Waals surface area (Å²) in [6.07, 6.45) is 0. The lowest BCUT2D eigenvalue weighted by Crippen LogP contribution is -2.44. The van der Waals surface area contributed by atoms with Crippen LogP contribution in [-0.4, -0.2) is 42.9 Å². The smallest absolute Gasteiger partial charge is 0.0530 e. The van der Waals surface area contributed by atoms with Gasteiger partial charge in [0.1, 0.15) is 0 Å². The van der Waals surface area contributed by atoms with Crippen LogP contribution in [0.25, 0.3) is 0 Å². The third kappa shape index (κ3) is 0.632. The fraction of sp³-hybridized carbons (Fsp3) is 1.00. The summed E-state index contributed by atoms with van der Waals surface area (Å²) in [6, 6.07) is 0. The van der Waals surface area contributed by atoms with E-state index in [0.717, 1.165) is 13.3 Å². The van der Waals surface area contributed by atoms with Crippen molar-refractivity contribution in [3.63, 3.8) is 0 Å². The molecule has 2 aliphatic rings. The standard InChI is InChI=1S/C5H11N3/c1-2-8-4-6-3-7(1)5-8/h6H,1-5H2. The van der Waals surface area contributed by atoms with Gasteiger partial charge in [-0.1, -0.05) is 0 Å². The molecule has 0 amide bonds. The van der Waals surface area contributed by atoms with E-state index in [1.807, 2.05) is 0 Å². The largest absolute Gasteiger partial charge is 0.291 e. The van der Waals surface area contributed by atoms with Gasteiger partial charge < -0.3 is 0 Å². The van der Waals surface area contributed by atoms with E-state index in [0.29, 0.717) is 0 Å². The molecule has 0 aliphatic carbocycles. The second-order valence-corrected chi connectivity index (χ2v) is 2.50. The van der Waals surface area contributed by atoms with Crippen molar-refractivity contribution in [3.8, 4) is 0 Å². The quantitative estimate of drug-likeness (QED) is 0.438. The third-order valence-electron chi connectivity index (χ3n) is 1.80. The van der Waals surface area contributed by atoms with Crippen LogP contribution in [0.2, 0.25) is 0 Å². The summed E-state index contributed by atoms with van der Waals surface area (Å²) < 4.78 is 0. The van der Waals surface area contributed by atoms with Crippen LogP contribution >= 0.6 is 0 Å². The van der Waals surface area contributed by atoms with Crippen LogP contribution in [0.15, 0.2) is 0 Å². The Bertz CT molecular complexity index is 79.7. The van der Waals surface area contributed by atoms with E-state index in [-0.39, 0.29) is 0 Å². The van der Waals surface area contributed by atoms with Crippen molar-refractivity contribution in [3.05, 3.63) is 0 Å². The summed E-state index contributed by atoms with van der Waals surface area (Å²) in [5.41, 5.74) is 0. The second-order valence-electron chi connectivity index (χ2n) is 2.50. The molecule has 0 aromatic heterocycles. The van der Waals surface area contributed by atoms with E-state index < -0.39 is 0 Å². The van der Waals surface area contributed by atoms with Gasteiger partial charge in [-0.3, -0.25) is 15.1 Å². The van der Waals surface area contributed by atoms with Gasteiger partial charge >= 0.3 is 0 Å². The molecular weight excluding hydrogens is 102 g/mol. The van der Waals surface area contributed by atoms with E-state index in [1.54, 1.807) is 0 Å². The van der Waals surface area contributed by atoms with Gasteiger partial charge in [-0.2, -0.15) is 0 Å². The normalized spacial score (nSPS) is 45.0. The van der Waals surface area contributed by atoms with Crippen LogP contribution in [0.5, 0.6) is 0 Å². The molecule has 2 rings (SSSR count). The summed E-state index contributed by atoms with van der Waals surface area (Å²) in [6.45, 7) is 5.89. The van der Waals surface area contributed by atoms with Crippen LogP contribution < -0.4 is 5.32 Å². The van der Waals surface area contributed by atoms with Crippen LogP contribution in [-0.2, 0) is 0 Å². The Balaban J connectivity index is 2.03. The van der Waals surface area contributed by atoms with Gasteiger partial charge in [0.15, 0.2) is 0 Å². The average Bonchev–Trinajstić information content (AvgIpc) is 2.12. The fourth-order valence-corrected chi connectivity index (χ4v) is 1.33. The Hall–Kier alpha value is -0.120. The van der Waals surface area contributed by atoms with Crippen molar-refractivity contribution in [1.82, 2.24) is 15.1 Å². The van der Waals surface area contributed by atoms with Crippen LogP contribution in [0.3, 0.4) is 0 Å². The van der Waals surface area contributed by atoms with Gasteiger partial charge in [-0.05, 0) is 0 Å². The first-order chi connectivity index (χ1) is 3.95. The molecule has 0 spiro atoms. The second kappa shape index (κ2) is 1.69.